The van der Waals surface area contributed by atoms with E-state index in [1.165, 1.54) is 0 Å². The zero-order valence-corrected chi connectivity index (χ0v) is 16.8. The van der Waals surface area contributed by atoms with Gasteiger partial charge in [0, 0.05) is 0 Å². The molecule has 0 spiro atoms. The SMILES string of the molecule is CC(C)[Si](/C=C\B1OC(C)(C)C(C)(C)O1)(C(C)C)C(C)C. The lowest BCUT2D eigenvalue weighted by atomic mass is 9.90. The van der Waals surface area contributed by atoms with Crippen LogP contribution in [0.15, 0.2) is 11.7 Å². The molecule has 1 heterocycles. The molecule has 0 radical (unpaired) electrons. The van der Waals surface area contributed by atoms with Gasteiger partial charge in [-0.2, -0.15) is 0 Å². The quantitative estimate of drug-likeness (QED) is 0.634. The first-order valence-corrected chi connectivity index (χ1v) is 10.7. The Morgan fingerprint density at radius 1 is 0.762 bits per heavy atom. The molecule has 1 saturated heterocycles. The van der Waals surface area contributed by atoms with Crippen molar-refractivity contribution in [3.8, 4) is 0 Å². The molecule has 0 N–H and O–H groups in total. The predicted octanol–water partition coefficient (Wildman–Crippen LogP) is 5.39. The molecule has 0 saturated carbocycles. The summed E-state index contributed by atoms with van der Waals surface area (Å²) in [6.07, 6.45) is 0. The highest BCUT2D eigenvalue weighted by atomic mass is 28.3. The van der Waals surface area contributed by atoms with Gasteiger partial charge in [0.15, 0.2) is 0 Å². The van der Waals surface area contributed by atoms with E-state index in [0.717, 1.165) is 16.6 Å². The summed E-state index contributed by atoms with van der Waals surface area (Å²) in [5, 5.41) is 0. The van der Waals surface area contributed by atoms with E-state index in [4.69, 9.17) is 9.31 Å². The van der Waals surface area contributed by atoms with Crippen molar-refractivity contribution in [2.45, 2.75) is 97.1 Å². The van der Waals surface area contributed by atoms with Crippen LogP contribution in [0.1, 0.15) is 69.2 Å². The van der Waals surface area contributed by atoms with E-state index in [0.29, 0.717) is 0 Å². The lowest BCUT2D eigenvalue weighted by Crippen LogP contribution is -2.43. The maximum atomic E-state index is 6.11. The second kappa shape index (κ2) is 6.21. The highest BCUT2D eigenvalue weighted by Crippen LogP contribution is 2.43. The van der Waals surface area contributed by atoms with Crippen LogP contribution in [-0.4, -0.2) is 26.4 Å². The minimum Gasteiger partial charge on any atom is -0.400 e. The Bertz CT molecular complexity index is 348. The van der Waals surface area contributed by atoms with Crippen molar-refractivity contribution in [3.05, 3.63) is 11.7 Å². The van der Waals surface area contributed by atoms with Gasteiger partial charge < -0.3 is 9.31 Å². The Morgan fingerprint density at radius 3 is 1.38 bits per heavy atom. The molecule has 1 aliphatic heterocycles. The highest BCUT2D eigenvalue weighted by Gasteiger charge is 2.50. The fourth-order valence-corrected chi connectivity index (χ4v) is 9.43. The van der Waals surface area contributed by atoms with Crippen LogP contribution in [0.3, 0.4) is 0 Å². The van der Waals surface area contributed by atoms with Gasteiger partial charge in [-0.1, -0.05) is 47.5 Å². The third kappa shape index (κ3) is 3.48. The van der Waals surface area contributed by atoms with Crippen LogP contribution in [0.5, 0.6) is 0 Å². The molecule has 4 heteroatoms. The molecule has 122 valence electrons. The minimum absolute atomic E-state index is 0.210. The lowest BCUT2D eigenvalue weighted by Gasteiger charge is -2.40. The second-order valence-corrected chi connectivity index (χ2v) is 14.2. The van der Waals surface area contributed by atoms with Gasteiger partial charge in [-0.05, 0) is 44.3 Å². The zero-order chi connectivity index (χ0) is 16.6. The molecule has 21 heavy (non-hydrogen) atoms. The summed E-state index contributed by atoms with van der Waals surface area (Å²) in [5.41, 5.74) is 4.15. The first-order chi connectivity index (χ1) is 9.37. The maximum absolute atomic E-state index is 6.11. The van der Waals surface area contributed by atoms with E-state index in [9.17, 15) is 0 Å². The molecule has 2 nitrogen and oxygen atoms in total. The highest BCUT2D eigenvalue weighted by molar-refractivity contribution is 6.88. The predicted molar refractivity (Wildman–Crippen MR) is 96.3 cm³/mol. The third-order valence-electron chi connectivity index (χ3n) is 5.81. The summed E-state index contributed by atoms with van der Waals surface area (Å²) in [6, 6.07) is 0. The van der Waals surface area contributed by atoms with Gasteiger partial charge in [0.05, 0.1) is 19.3 Å². The molecule has 0 aromatic carbocycles. The van der Waals surface area contributed by atoms with Gasteiger partial charge in [-0.25, -0.2) is 0 Å². The standard InChI is InChI=1S/C17H35BO2Si/c1-13(2)21(14(3)4,15(5)6)12-11-18-19-16(7,8)17(9,10)20-18/h11-15H,1-10H3/b12-11-. The largest absolute Gasteiger partial charge is 0.486 e. The van der Waals surface area contributed by atoms with Gasteiger partial charge in [-0.3, -0.25) is 0 Å². The van der Waals surface area contributed by atoms with Crippen molar-refractivity contribution in [1.29, 1.82) is 0 Å². The van der Waals surface area contributed by atoms with Gasteiger partial charge in [0.25, 0.3) is 0 Å². The number of hydrogen-bond acceptors (Lipinski definition) is 2. The molecule has 0 aromatic heterocycles. The summed E-state index contributed by atoms with van der Waals surface area (Å²) >= 11 is 0. The number of rotatable bonds is 5. The Kier molecular flexibility index (Phi) is 5.62. The van der Waals surface area contributed by atoms with Crippen molar-refractivity contribution < 1.29 is 9.31 Å². The smallest absolute Gasteiger partial charge is 0.400 e. The van der Waals surface area contributed by atoms with E-state index in [1.54, 1.807) is 0 Å². The maximum Gasteiger partial charge on any atom is 0.486 e. The molecule has 1 fully saturated rings. The average Bonchev–Trinajstić information content (AvgIpc) is 2.46. The average molecular weight is 310 g/mol. The summed E-state index contributed by atoms with van der Waals surface area (Å²) in [4.78, 5) is 0. The first-order valence-electron chi connectivity index (χ1n) is 8.42. The van der Waals surface area contributed by atoms with E-state index in [-0.39, 0.29) is 18.3 Å². The summed E-state index contributed by atoms with van der Waals surface area (Å²) in [7, 11) is -1.74. The lowest BCUT2D eigenvalue weighted by molar-refractivity contribution is 0.00578. The Balaban J connectivity index is 3.01. The van der Waals surface area contributed by atoms with Gasteiger partial charge in [-0.15, -0.1) is 5.70 Å². The number of hydrogen-bond donors (Lipinski definition) is 0. The second-order valence-electron chi connectivity index (χ2n) is 8.45. The van der Waals surface area contributed by atoms with E-state index in [1.807, 2.05) is 0 Å². The van der Waals surface area contributed by atoms with Crippen molar-refractivity contribution >= 4 is 15.2 Å². The zero-order valence-electron chi connectivity index (χ0n) is 15.8. The molecule has 0 unspecified atom stereocenters. The van der Waals surface area contributed by atoms with Crippen LogP contribution in [0.2, 0.25) is 16.6 Å². The summed E-state index contributed by atoms with van der Waals surface area (Å²) in [5.74, 6) is 2.20. The van der Waals surface area contributed by atoms with Crippen LogP contribution in [0.4, 0.5) is 0 Å². The van der Waals surface area contributed by atoms with Crippen molar-refractivity contribution in [2.75, 3.05) is 0 Å². The first kappa shape index (κ1) is 19.0. The van der Waals surface area contributed by atoms with Gasteiger partial charge >= 0.3 is 7.12 Å². The Hall–Kier alpha value is -0.0582. The fraction of sp³-hybridized carbons (Fsp3) is 0.882. The topological polar surface area (TPSA) is 18.5 Å². The molecular formula is C17H35BO2Si. The molecule has 0 aromatic rings. The Morgan fingerprint density at radius 2 is 1.10 bits per heavy atom. The van der Waals surface area contributed by atoms with Crippen LogP contribution in [-0.2, 0) is 9.31 Å². The monoisotopic (exact) mass is 310 g/mol. The van der Waals surface area contributed by atoms with Crippen LogP contribution in [0.25, 0.3) is 0 Å². The van der Waals surface area contributed by atoms with Crippen LogP contribution in [0, 0.1) is 0 Å². The molecule has 1 rings (SSSR count). The normalized spacial score (nSPS) is 22.2. The van der Waals surface area contributed by atoms with Crippen molar-refractivity contribution in [2.24, 2.45) is 0 Å². The summed E-state index contributed by atoms with van der Waals surface area (Å²) < 4.78 is 12.2. The van der Waals surface area contributed by atoms with E-state index < -0.39 is 8.07 Å². The molecule has 0 bridgehead atoms. The summed E-state index contributed by atoms with van der Waals surface area (Å²) in [6.45, 7) is 22.7. The van der Waals surface area contributed by atoms with Gasteiger partial charge in [0.1, 0.15) is 0 Å². The minimum atomic E-state index is -1.53. The third-order valence-corrected chi connectivity index (χ3v) is 12.6. The van der Waals surface area contributed by atoms with Crippen molar-refractivity contribution in [3.63, 3.8) is 0 Å². The van der Waals surface area contributed by atoms with Crippen LogP contribution >= 0.6 is 0 Å². The van der Waals surface area contributed by atoms with Gasteiger partial charge in [0.2, 0.25) is 0 Å². The van der Waals surface area contributed by atoms with E-state index in [2.05, 4.69) is 80.9 Å². The molecular weight excluding hydrogens is 275 g/mol. The molecule has 0 atom stereocenters. The van der Waals surface area contributed by atoms with E-state index >= 15 is 0 Å². The van der Waals surface area contributed by atoms with Crippen LogP contribution < -0.4 is 0 Å². The molecule has 0 aliphatic carbocycles. The fourth-order valence-electron chi connectivity index (χ4n) is 3.79. The Labute approximate surface area is 133 Å². The molecule has 1 aliphatic rings. The van der Waals surface area contributed by atoms with Crippen molar-refractivity contribution in [1.82, 2.24) is 0 Å². The molecule has 0 amide bonds.